The van der Waals surface area contributed by atoms with Crippen molar-refractivity contribution in [2.45, 2.75) is 13.8 Å². The number of benzene rings is 2. The zero-order valence-corrected chi connectivity index (χ0v) is 16.1. The standard InChI is InChI=1S/C18H16BrN3O2S/c1-10-6-11(2)16-14(7-10)25-18(22-16)21-15(23)9-20-17(24)12-4-3-5-13(19)8-12/h3-8H,9H2,1-2H3,(H,20,24)(H,21,22,23). The maximum Gasteiger partial charge on any atom is 0.251 e. The first-order valence-corrected chi connectivity index (χ1v) is 9.25. The second kappa shape index (κ2) is 7.33. The molecular formula is C18H16BrN3O2S. The predicted octanol–water partition coefficient (Wildman–Crippen LogP) is 4.04. The minimum Gasteiger partial charge on any atom is -0.343 e. The summed E-state index contributed by atoms with van der Waals surface area (Å²) in [5, 5.41) is 5.88. The quantitative estimate of drug-likeness (QED) is 0.672. The maximum atomic E-state index is 12.1. The van der Waals surface area contributed by atoms with Crippen LogP contribution >= 0.6 is 27.3 Å². The van der Waals surface area contributed by atoms with Crippen LogP contribution in [0.4, 0.5) is 5.13 Å². The number of carbonyl (C=O) groups is 2. The highest BCUT2D eigenvalue weighted by Crippen LogP contribution is 2.29. The Balaban J connectivity index is 1.63. The van der Waals surface area contributed by atoms with E-state index in [1.165, 1.54) is 11.3 Å². The average Bonchev–Trinajstić information content (AvgIpc) is 2.95. The molecule has 3 rings (SSSR count). The largest absolute Gasteiger partial charge is 0.343 e. The van der Waals surface area contributed by atoms with Crippen LogP contribution < -0.4 is 10.6 Å². The van der Waals surface area contributed by atoms with Crippen molar-refractivity contribution in [3.8, 4) is 0 Å². The Morgan fingerprint density at radius 3 is 2.76 bits per heavy atom. The number of aromatic nitrogens is 1. The summed E-state index contributed by atoms with van der Waals surface area (Å²) >= 11 is 4.74. The van der Waals surface area contributed by atoms with E-state index in [1.54, 1.807) is 18.2 Å². The summed E-state index contributed by atoms with van der Waals surface area (Å²) in [4.78, 5) is 28.6. The Kier molecular flexibility index (Phi) is 5.15. The van der Waals surface area contributed by atoms with E-state index in [-0.39, 0.29) is 18.4 Å². The number of carbonyl (C=O) groups excluding carboxylic acids is 2. The fraction of sp³-hybridized carbons (Fsp3) is 0.167. The third kappa shape index (κ3) is 4.24. The van der Waals surface area contributed by atoms with Gasteiger partial charge in [0.05, 0.1) is 16.8 Å². The van der Waals surface area contributed by atoms with Gasteiger partial charge in [-0.25, -0.2) is 4.98 Å². The van der Waals surface area contributed by atoms with Crippen LogP contribution in [0.3, 0.4) is 0 Å². The summed E-state index contributed by atoms with van der Waals surface area (Å²) in [6.45, 7) is 3.92. The van der Waals surface area contributed by atoms with Crippen molar-refractivity contribution >= 4 is 54.4 Å². The molecule has 0 aliphatic heterocycles. The van der Waals surface area contributed by atoms with E-state index >= 15 is 0 Å². The van der Waals surface area contributed by atoms with Crippen LogP contribution in [0, 0.1) is 13.8 Å². The molecule has 7 heteroatoms. The molecular weight excluding hydrogens is 402 g/mol. The van der Waals surface area contributed by atoms with Crippen LogP contribution in [0.15, 0.2) is 40.9 Å². The van der Waals surface area contributed by atoms with Gasteiger partial charge in [0.2, 0.25) is 5.91 Å². The van der Waals surface area contributed by atoms with Gasteiger partial charge in [-0.05, 0) is 49.2 Å². The Morgan fingerprint density at radius 2 is 2.00 bits per heavy atom. The van der Waals surface area contributed by atoms with Crippen molar-refractivity contribution in [3.05, 3.63) is 57.6 Å². The lowest BCUT2D eigenvalue weighted by Crippen LogP contribution is -2.32. The minimum absolute atomic E-state index is 0.112. The van der Waals surface area contributed by atoms with Gasteiger partial charge >= 0.3 is 0 Å². The summed E-state index contributed by atoms with van der Waals surface area (Å²) in [6.07, 6.45) is 0. The third-order valence-electron chi connectivity index (χ3n) is 3.57. The lowest BCUT2D eigenvalue weighted by molar-refractivity contribution is -0.115. The normalized spacial score (nSPS) is 10.7. The number of halogens is 1. The lowest BCUT2D eigenvalue weighted by Gasteiger charge is -2.05. The fourth-order valence-electron chi connectivity index (χ4n) is 2.48. The first kappa shape index (κ1) is 17.6. The zero-order chi connectivity index (χ0) is 18.0. The van der Waals surface area contributed by atoms with Gasteiger partial charge in [-0.1, -0.05) is 39.4 Å². The molecule has 0 unspecified atom stereocenters. The molecule has 0 radical (unpaired) electrons. The number of hydrogen-bond acceptors (Lipinski definition) is 4. The number of hydrogen-bond donors (Lipinski definition) is 2. The average molecular weight is 418 g/mol. The minimum atomic E-state index is -0.309. The van der Waals surface area contributed by atoms with Crippen LogP contribution in [0.2, 0.25) is 0 Å². The molecule has 1 aromatic heterocycles. The van der Waals surface area contributed by atoms with Crippen LogP contribution in [-0.4, -0.2) is 23.3 Å². The van der Waals surface area contributed by atoms with Gasteiger partial charge in [0.15, 0.2) is 5.13 Å². The molecule has 0 spiro atoms. The predicted molar refractivity (Wildman–Crippen MR) is 104 cm³/mol. The highest BCUT2D eigenvalue weighted by atomic mass is 79.9. The monoisotopic (exact) mass is 417 g/mol. The summed E-state index contributed by atoms with van der Waals surface area (Å²) < 4.78 is 1.84. The number of anilines is 1. The van der Waals surface area contributed by atoms with Crippen molar-refractivity contribution < 1.29 is 9.59 Å². The van der Waals surface area contributed by atoms with E-state index in [0.717, 1.165) is 25.8 Å². The van der Waals surface area contributed by atoms with E-state index in [9.17, 15) is 9.59 Å². The van der Waals surface area contributed by atoms with Crippen LogP contribution in [0.1, 0.15) is 21.5 Å². The Labute approximate surface area is 157 Å². The van der Waals surface area contributed by atoms with Gasteiger partial charge in [-0.2, -0.15) is 0 Å². The first-order chi connectivity index (χ1) is 11.9. The number of rotatable bonds is 4. The molecule has 0 atom stereocenters. The molecule has 2 aromatic carbocycles. The molecule has 0 aliphatic carbocycles. The van der Waals surface area contributed by atoms with Crippen molar-refractivity contribution in [2.75, 3.05) is 11.9 Å². The topological polar surface area (TPSA) is 71.1 Å². The molecule has 25 heavy (non-hydrogen) atoms. The Bertz CT molecular complexity index is 968. The molecule has 3 aromatic rings. The lowest BCUT2D eigenvalue weighted by atomic mass is 10.1. The summed E-state index contributed by atoms with van der Waals surface area (Å²) in [7, 11) is 0. The second-order valence-corrected chi connectivity index (χ2v) is 7.64. The number of nitrogens with one attached hydrogen (secondary N) is 2. The second-order valence-electron chi connectivity index (χ2n) is 5.69. The van der Waals surface area contributed by atoms with E-state index in [0.29, 0.717) is 10.7 Å². The molecule has 128 valence electrons. The molecule has 1 heterocycles. The molecule has 2 N–H and O–H groups in total. The number of amides is 2. The highest BCUT2D eigenvalue weighted by Gasteiger charge is 2.12. The first-order valence-electron chi connectivity index (χ1n) is 7.64. The Morgan fingerprint density at radius 1 is 1.20 bits per heavy atom. The van der Waals surface area contributed by atoms with Gasteiger partial charge in [-0.15, -0.1) is 0 Å². The molecule has 0 saturated carbocycles. The molecule has 0 fully saturated rings. The highest BCUT2D eigenvalue weighted by molar-refractivity contribution is 9.10. The van der Waals surface area contributed by atoms with E-state index < -0.39 is 0 Å². The zero-order valence-electron chi connectivity index (χ0n) is 13.7. The molecule has 0 bridgehead atoms. The SMILES string of the molecule is Cc1cc(C)c2nc(NC(=O)CNC(=O)c3cccc(Br)c3)sc2c1. The van der Waals surface area contributed by atoms with Crippen molar-refractivity contribution in [3.63, 3.8) is 0 Å². The smallest absolute Gasteiger partial charge is 0.251 e. The van der Waals surface area contributed by atoms with Gasteiger partial charge in [0.1, 0.15) is 0 Å². The van der Waals surface area contributed by atoms with Crippen molar-refractivity contribution in [2.24, 2.45) is 0 Å². The van der Waals surface area contributed by atoms with Gasteiger partial charge in [-0.3, -0.25) is 9.59 Å². The third-order valence-corrected chi connectivity index (χ3v) is 4.98. The van der Waals surface area contributed by atoms with Crippen molar-refractivity contribution in [1.29, 1.82) is 0 Å². The molecule has 0 saturated heterocycles. The van der Waals surface area contributed by atoms with Crippen LogP contribution in [0.5, 0.6) is 0 Å². The molecule has 2 amide bonds. The van der Waals surface area contributed by atoms with Gasteiger partial charge < -0.3 is 10.6 Å². The van der Waals surface area contributed by atoms with E-state index in [4.69, 9.17) is 0 Å². The van der Waals surface area contributed by atoms with E-state index in [1.807, 2.05) is 26.0 Å². The molecule has 5 nitrogen and oxygen atoms in total. The van der Waals surface area contributed by atoms with Gasteiger partial charge in [0.25, 0.3) is 5.91 Å². The summed E-state index contributed by atoms with van der Waals surface area (Å²) in [5.74, 6) is -0.607. The summed E-state index contributed by atoms with van der Waals surface area (Å²) in [6, 6.07) is 11.1. The molecule has 0 aliphatic rings. The number of thiazole rings is 1. The number of aryl methyl sites for hydroxylation is 2. The van der Waals surface area contributed by atoms with Crippen LogP contribution in [0.25, 0.3) is 10.2 Å². The van der Waals surface area contributed by atoms with Crippen molar-refractivity contribution in [1.82, 2.24) is 10.3 Å². The fourth-order valence-corrected chi connectivity index (χ4v) is 3.94. The Hall–Kier alpha value is -2.25. The van der Waals surface area contributed by atoms with Gasteiger partial charge in [0, 0.05) is 10.0 Å². The maximum absolute atomic E-state index is 12.1. The van der Waals surface area contributed by atoms with Crippen LogP contribution in [-0.2, 0) is 4.79 Å². The van der Waals surface area contributed by atoms with E-state index in [2.05, 4.69) is 37.6 Å². The number of fused-ring (bicyclic) bond motifs is 1. The number of nitrogens with zero attached hydrogens (tertiary/aromatic N) is 1. The summed E-state index contributed by atoms with van der Waals surface area (Å²) in [5.41, 5.74) is 3.62.